The highest BCUT2D eigenvalue weighted by molar-refractivity contribution is 7.89. The van der Waals surface area contributed by atoms with E-state index in [1.54, 1.807) is 0 Å². The molecule has 0 aliphatic rings. The zero-order valence-electron chi connectivity index (χ0n) is 11.2. The van der Waals surface area contributed by atoms with Crippen LogP contribution in [0.5, 0.6) is 0 Å². The van der Waals surface area contributed by atoms with Gasteiger partial charge in [-0.25, -0.2) is 8.42 Å². The number of aliphatic carboxylic acids is 1. The van der Waals surface area contributed by atoms with E-state index in [0.717, 1.165) is 12.4 Å². The highest BCUT2D eigenvalue weighted by atomic mass is 32.2. The normalized spacial score (nSPS) is 13.1. The second kappa shape index (κ2) is 6.02. The minimum Gasteiger partial charge on any atom is -0.480 e. The van der Waals surface area contributed by atoms with Crippen LogP contribution >= 0.6 is 0 Å². The summed E-state index contributed by atoms with van der Waals surface area (Å²) >= 11 is 0. The van der Waals surface area contributed by atoms with Crippen LogP contribution in [0.25, 0.3) is 0 Å². The van der Waals surface area contributed by atoms with E-state index in [4.69, 9.17) is 5.11 Å². The summed E-state index contributed by atoms with van der Waals surface area (Å²) in [5.74, 6) is -1.37. The molecule has 21 heavy (non-hydrogen) atoms. The quantitative estimate of drug-likeness (QED) is 0.838. The van der Waals surface area contributed by atoms with E-state index < -0.39 is 46.2 Å². The van der Waals surface area contributed by atoms with Gasteiger partial charge < -0.3 is 5.11 Å². The number of carboxylic acids is 1. The van der Waals surface area contributed by atoms with Crippen LogP contribution in [0.15, 0.2) is 17.3 Å². The number of aromatic nitrogens is 2. The van der Waals surface area contributed by atoms with Crippen molar-refractivity contribution in [1.82, 2.24) is 14.1 Å². The van der Waals surface area contributed by atoms with Crippen LogP contribution in [0.4, 0.5) is 13.2 Å². The van der Waals surface area contributed by atoms with Crippen molar-refractivity contribution in [2.75, 3.05) is 6.54 Å². The Morgan fingerprint density at radius 3 is 2.48 bits per heavy atom. The van der Waals surface area contributed by atoms with Crippen LogP contribution in [0.3, 0.4) is 0 Å². The number of halogens is 3. The molecule has 1 heterocycles. The van der Waals surface area contributed by atoms with Crippen molar-refractivity contribution in [3.05, 3.63) is 12.4 Å². The number of alkyl halides is 3. The second-order valence-corrected chi connectivity index (χ2v) is 6.42. The lowest BCUT2D eigenvalue weighted by Crippen LogP contribution is -2.40. The molecule has 0 saturated carbocycles. The molecule has 1 rings (SSSR count). The molecule has 7 nitrogen and oxygen atoms in total. The molecule has 11 heteroatoms. The van der Waals surface area contributed by atoms with E-state index >= 15 is 0 Å². The molecule has 0 fully saturated rings. The van der Waals surface area contributed by atoms with Crippen LogP contribution in [0, 0.1) is 0 Å². The lowest BCUT2D eigenvalue weighted by molar-refractivity contribution is -0.142. The molecule has 0 aliphatic carbocycles. The summed E-state index contributed by atoms with van der Waals surface area (Å²) in [7, 11) is -4.23. The molecular weight excluding hydrogens is 315 g/mol. The molecule has 0 amide bonds. The average molecular weight is 329 g/mol. The predicted octanol–water partition coefficient (Wildman–Crippen LogP) is 0.929. The average Bonchev–Trinajstić information content (AvgIpc) is 2.71. The van der Waals surface area contributed by atoms with Gasteiger partial charge in [-0.3, -0.25) is 9.48 Å². The van der Waals surface area contributed by atoms with Gasteiger partial charge in [-0.1, -0.05) is 0 Å². The summed E-state index contributed by atoms with van der Waals surface area (Å²) in [6.07, 6.45) is -3.05. The van der Waals surface area contributed by atoms with E-state index in [1.165, 1.54) is 13.8 Å². The summed E-state index contributed by atoms with van der Waals surface area (Å²) in [6, 6.07) is -0.669. The van der Waals surface area contributed by atoms with E-state index in [2.05, 4.69) is 5.10 Å². The highest BCUT2D eigenvalue weighted by Crippen LogP contribution is 2.20. The first kappa shape index (κ1) is 17.4. The maximum absolute atomic E-state index is 12.2. The number of nitrogens with zero attached hydrogens (tertiary/aromatic N) is 3. The van der Waals surface area contributed by atoms with Crippen LogP contribution in [0.1, 0.15) is 13.8 Å². The summed E-state index contributed by atoms with van der Waals surface area (Å²) in [5, 5.41) is 12.1. The first-order valence-corrected chi connectivity index (χ1v) is 7.20. The summed E-state index contributed by atoms with van der Waals surface area (Å²) in [6.45, 7) is 0.703. The fourth-order valence-corrected chi connectivity index (χ4v) is 3.10. The zero-order chi connectivity index (χ0) is 16.4. The molecular formula is C10H14F3N3O4S. The lowest BCUT2D eigenvalue weighted by atomic mass is 10.4. The molecule has 1 aromatic rings. The SMILES string of the molecule is CC(C)N(CC(=O)O)S(=O)(=O)c1cnn(CC(F)(F)F)c1. The van der Waals surface area contributed by atoms with Gasteiger partial charge in [-0.05, 0) is 13.8 Å². The van der Waals surface area contributed by atoms with Crippen LogP contribution in [-0.2, 0) is 21.4 Å². The molecule has 120 valence electrons. The Bertz CT molecular complexity index is 609. The number of carboxylic acid groups (broad SMARTS) is 1. The number of carbonyl (C=O) groups is 1. The second-order valence-electron chi connectivity index (χ2n) is 4.53. The Labute approximate surface area is 119 Å². The van der Waals surface area contributed by atoms with Crippen molar-refractivity contribution < 1.29 is 31.5 Å². The Morgan fingerprint density at radius 2 is 2.05 bits per heavy atom. The molecule has 0 aromatic carbocycles. The fraction of sp³-hybridized carbons (Fsp3) is 0.600. The third-order valence-electron chi connectivity index (χ3n) is 2.42. The molecule has 0 unspecified atom stereocenters. The van der Waals surface area contributed by atoms with Crippen LogP contribution < -0.4 is 0 Å². The molecule has 1 aromatic heterocycles. The van der Waals surface area contributed by atoms with Crippen molar-refractivity contribution >= 4 is 16.0 Å². The van der Waals surface area contributed by atoms with Gasteiger partial charge >= 0.3 is 12.1 Å². The van der Waals surface area contributed by atoms with Gasteiger partial charge in [0.1, 0.15) is 18.0 Å². The third kappa shape index (κ3) is 4.70. The number of sulfonamides is 1. The van der Waals surface area contributed by atoms with Crippen molar-refractivity contribution in [3.8, 4) is 0 Å². The maximum atomic E-state index is 12.2. The van der Waals surface area contributed by atoms with Crippen molar-refractivity contribution in [2.45, 2.75) is 37.5 Å². The Balaban J connectivity index is 3.09. The van der Waals surface area contributed by atoms with Gasteiger partial charge in [0.2, 0.25) is 10.0 Å². The van der Waals surface area contributed by atoms with E-state index in [-0.39, 0.29) is 0 Å². The maximum Gasteiger partial charge on any atom is 0.408 e. The van der Waals surface area contributed by atoms with E-state index in [0.29, 0.717) is 8.99 Å². The zero-order valence-corrected chi connectivity index (χ0v) is 12.0. The van der Waals surface area contributed by atoms with Gasteiger partial charge in [-0.2, -0.15) is 22.6 Å². The Hall–Kier alpha value is -1.62. The van der Waals surface area contributed by atoms with Gasteiger partial charge in [0.25, 0.3) is 0 Å². The molecule has 0 aliphatic heterocycles. The highest BCUT2D eigenvalue weighted by Gasteiger charge is 2.32. The lowest BCUT2D eigenvalue weighted by Gasteiger charge is -2.23. The molecule has 0 radical (unpaired) electrons. The van der Waals surface area contributed by atoms with Gasteiger partial charge in [0.05, 0.1) is 6.20 Å². The summed E-state index contributed by atoms with van der Waals surface area (Å²) in [4.78, 5) is 10.2. The van der Waals surface area contributed by atoms with Crippen molar-refractivity contribution in [2.24, 2.45) is 0 Å². The molecule has 0 bridgehead atoms. The molecule has 0 spiro atoms. The number of hydrogen-bond donors (Lipinski definition) is 1. The Kier molecular flexibility index (Phi) is 4.99. The van der Waals surface area contributed by atoms with E-state index in [1.807, 2.05) is 0 Å². The van der Waals surface area contributed by atoms with Gasteiger partial charge in [0, 0.05) is 12.2 Å². The first-order chi connectivity index (χ1) is 9.43. The van der Waals surface area contributed by atoms with Crippen molar-refractivity contribution in [1.29, 1.82) is 0 Å². The standard InChI is InChI=1S/C10H14F3N3O4S/c1-7(2)16(5-9(17)18)21(19,20)8-3-14-15(4-8)6-10(11,12)13/h3-4,7H,5-6H2,1-2H3,(H,17,18). The number of hydrogen-bond acceptors (Lipinski definition) is 4. The molecule has 1 N–H and O–H groups in total. The van der Waals surface area contributed by atoms with Crippen LogP contribution in [-0.4, -0.2) is 52.3 Å². The minimum atomic E-state index is -4.54. The third-order valence-corrected chi connectivity index (χ3v) is 4.40. The topological polar surface area (TPSA) is 92.5 Å². The smallest absolute Gasteiger partial charge is 0.408 e. The monoisotopic (exact) mass is 329 g/mol. The van der Waals surface area contributed by atoms with Crippen LogP contribution in [0.2, 0.25) is 0 Å². The fourth-order valence-electron chi connectivity index (χ4n) is 1.56. The molecule has 0 saturated heterocycles. The summed E-state index contributed by atoms with van der Waals surface area (Å²) in [5.41, 5.74) is 0. The van der Waals surface area contributed by atoms with Crippen molar-refractivity contribution in [3.63, 3.8) is 0 Å². The largest absolute Gasteiger partial charge is 0.480 e. The van der Waals surface area contributed by atoms with Gasteiger partial charge in [-0.15, -0.1) is 0 Å². The molecule has 0 atom stereocenters. The summed E-state index contributed by atoms with van der Waals surface area (Å²) < 4.78 is 62.2. The predicted molar refractivity (Wildman–Crippen MR) is 64.9 cm³/mol. The van der Waals surface area contributed by atoms with E-state index in [9.17, 15) is 26.4 Å². The number of rotatable bonds is 6. The first-order valence-electron chi connectivity index (χ1n) is 5.76. The Morgan fingerprint density at radius 1 is 1.48 bits per heavy atom. The van der Waals surface area contributed by atoms with Gasteiger partial charge in [0.15, 0.2) is 0 Å². The minimum absolute atomic E-state index is 0.437.